The van der Waals surface area contributed by atoms with Gasteiger partial charge in [0, 0.05) is 23.1 Å². The molecule has 0 bridgehead atoms. The van der Waals surface area contributed by atoms with Crippen LogP contribution in [0, 0.1) is 6.92 Å². The predicted molar refractivity (Wildman–Crippen MR) is 76.5 cm³/mol. The van der Waals surface area contributed by atoms with Crippen LogP contribution in [-0.2, 0) is 0 Å². The number of benzene rings is 2. The zero-order valence-corrected chi connectivity index (χ0v) is 10.7. The van der Waals surface area contributed by atoms with E-state index in [1.807, 2.05) is 56.3 Å². The number of ether oxygens (including phenoxy) is 1. The molecule has 0 amide bonds. The van der Waals surface area contributed by atoms with Crippen molar-refractivity contribution in [3.05, 3.63) is 48.0 Å². The van der Waals surface area contributed by atoms with Gasteiger partial charge in [-0.05, 0) is 43.7 Å². The number of hydrogen-bond donors (Lipinski definition) is 2. The van der Waals surface area contributed by atoms with Crippen molar-refractivity contribution in [2.45, 2.75) is 13.8 Å². The van der Waals surface area contributed by atoms with Gasteiger partial charge in [-0.15, -0.1) is 0 Å². The average Bonchev–Trinajstić information content (AvgIpc) is 2.35. The van der Waals surface area contributed by atoms with Gasteiger partial charge in [0.15, 0.2) is 0 Å². The van der Waals surface area contributed by atoms with Gasteiger partial charge in [0.05, 0.1) is 6.61 Å². The highest BCUT2D eigenvalue weighted by molar-refractivity contribution is 5.66. The summed E-state index contributed by atoms with van der Waals surface area (Å²) in [6.45, 7) is 4.64. The fraction of sp³-hybridized carbons (Fsp3) is 0.200. The van der Waals surface area contributed by atoms with Crippen LogP contribution in [0.15, 0.2) is 42.5 Å². The molecule has 3 N–H and O–H groups in total. The second-order valence-corrected chi connectivity index (χ2v) is 4.16. The smallest absolute Gasteiger partial charge is 0.121 e. The minimum Gasteiger partial charge on any atom is -0.494 e. The molecule has 0 fully saturated rings. The van der Waals surface area contributed by atoms with E-state index in [0.717, 1.165) is 28.4 Å². The summed E-state index contributed by atoms with van der Waals surface area (Å²) in [5.74, 6) is 0.864. The number of anilines is 3. The van der Waals surface area contributed by atoms with Crippen LogP contribution in [0.25, 0.3) is 0 Å². The van der Waals surface area contributed by atoms with Crippen molar-refractivity contribution < 1.29 is 4.74 Å². The van der Waals surface area contributed by atoms with E-state index in [0.29, 0.717) is 6.61 Å². The Morgan fingerprint density at radius 2 is 1.89 bits per heavy atom. The zero-order chi connectivity index (χ0) is 13.0. The number of nitrogen functional groups attached to an aromatic ring is 1. The molecule has 0 radical (unpaired) electrons. The van der Waals surface area contributed by atoms with Crippen LogP contribution in [0.4, 0.5) is 17.1 Å². The molecule has 94 valence electrons. The fourth-order valence-corrected chi connectivity index (χ4v) is 1.72. The maximum absolute atomic E-state index is 5.89. The Labute approximate surface area is 108 Å². The lowest BCUT2D eigenvalue weighted by molar-refractivity contribution is 0.340. The van der Waals surface area contributed by atoms with Crippen molar-refractivity contribution in [1.29, 1.82) is 0 Å². The molecule has 3 nitrogen and oxygen atoms in total. The molecule has 0 heterocycles. The van der Waals surface area contributed by atoms with Crippen molar-refractivity contribution in [3.63, 3.8) is 0 Å². The number of hydrogen-bond acceptors (Lipinski definition) is 3. The Morgan fingerprint density at radius 1 is 1.11 bits per heavy atom. The summed E-state index contributed by atoms with van der Waals surface area (Å²) in [5.41, 5.74) is 9.73. The first kappa shape index (κ1) is 12.3. The molecule has 0 aromatic heterocycles. The molecule has 0 aliphatic heterocycles. The van der Waals surface area contributed by atoms with Gasteiger partial charge >= 0.3 is 0 Å². The number of rotatable bonds is 4. The summed E-state index contributed by atoms with van der Waals surface area (Å²) in [6.07, 6.45) is 0. The molecule has 0 saturated carbocycles. The fourth-order valence-electron chi connectivity index (χ4n) is 1.72. The molecule has 2 aromatic rings. The molecule has 0 unspecified atom stereocenters. The Morgan fingerprint density at radius 3 is 2.61 bits per heavy atom. The van der Waals surface area contributed by atoms with Crippen LogP contribution < -0.4 is 15.8 Å². The lowest BCUT2D eigenvalue weighted by atomic mass is 10.2. The van der Waals surface area contributed by atoms with Gasteiger partial charge in [-0.2, -0.15) is 0 Å². The van der Waals surface area contributed by atoms with Gasteiger partial charge in [0.2, 0.25) is 0 Å². The monoisotopic (exact) mass is 242 g/mol. The average molecular weight is 242 g/mol. The van der Waals surface area contributed by atoms with Crippen molar-refractivity contribution in [1.82, 2.24) is 0 Å². The molecular weight excluding hydrogens is 224 g/mol. The first-order chi connectivity index (χ1) is 8.69. The minimum atomic E-state index is 0.668. The predicted octanol–water partition coefficient (Wildman–Crippen LogP) is 3.72. The minimum absolute atomic E-state index is 0.668. The zero-order valence-electron chi connectivity index (χ0n) is 10.7. The summed E-state index contributed by atoms with van der Waals surface area (Å²) in [5, 5.41) is 3.31. The molecule has 3 heteroatoms. The van der Waals surface area contributed by atoms with E-state index in [1.165, 1.54) is 0 Å². The first-order valence-electron chi connectivity index (χ1n) is 6.05. The number of aryl methyl sites for hydroxylation is 1. The number of nitrogens with one attached hydrogen (secondary N) is 1. The molecule has 0 saturated heterocycles. The standard InChI is InChI=1S/C15H18N2O/c1-3-18-14-6-4-5-12(9-14)17-13-8-7-11(2)15(16)10-13/h4-10,17H,3,16H2,1-2H3. The van der Waals surface area contributed by atoms with Gasteiger partial charge < -0.3 is 15.8 Å². The van der Waals surface area contributed by atoms with Crippen LogP contribution in [0.3, 0.4) is 0 Å². The lowest BCUT2D eigenvalue weighted by Gasteiger charge is -2.10. The Balaban J connectivity index is 2.17. The third-order valence-corrected chi connectivity index (χ3v) is 2.71. The summed E-state index contributed by atoms with van der Waals surface area (Å²) < 4.78 is 5.46. The second kappa shape index (κ2) is 5.45. The highest BCUT2D eigenvalue weighted by Crippen LogP contribution is 2.23. The van der Waals surface area contributed by atoms with Crippen molar-refractivity contribution in [3.8, 4) is 5.75 Å². The molecule has 2 rings (SSSR count). The van der Waals surface area contributed by atoms with Crippen LogP contribution in [0.5, 0.6) is 5.75 Å². The summed E-state index contributed by atoms with van der Waals surface area (Å²) in [4.78, 5) is 0. The van der Waals surface area contributed by atoms with Crippen molar-refractivity contribution >= 4 is 17.1 Å². The largest absolute Gasteiger partial charge is 0.494 e. The van der Waals surface area contributed by atoms with E-state index in [9.17, 15) is 0 Å². The SMILES string of the molecule is CCOc1cccc(Nc2ccc(C)c(N)c2)c1. The van der Waals surface area contributed by atoms with Crippen LogP contribution in [0.2, 0.25) is 0 Å². The normalized spacial score (nSPS) is 10.1. The Bertz CT molecular complexity index is 538. The van der Waals surface area contributed by atoms with E-state index in [-0.39, 0.29) is 0 Å². The van der Waals surface area contributed by atoms with Gasteiger partial charge in [-0.25, -0.2) is 0 Å². The molecule has 0 aliphatic rings. The first-order valence-corrected chi connectivity index (χ1v) is 6.05. The van der Waals surface area contributed by atoms with E-state index in [1.54, 1.807) is 0 Å². The summed E-state index contributed by atoms with van der Waals surface area (Å²) in [6, 6.07) is 13.8. The second-order valence-electron chi connectivity index (χ2n) is 4.16. The maximum Gasteiger partial charge on any atom is 0.121 e. The Hall–Kier alpha value is -2.16. The molecule has 0 atom stereocenters. The Kier molecular flexibility index (Phi) is 3.72. The third kappa shape index (κ3) is 2.94. The maximum atomic E-state index is 5.89. The lowest BCUT2D eigenvalue weighted by Crippen LogP contribution is -1.95. The highest BCUT2D eigenvalue weighted by Gasteiger charge is 1.99. The molecule has 0 spiro atoms. The molecular formula is C15H18N2O. The van der Waals surface area contributed by atoms with Gasteiger partial charge in [0.25, 0.3) is 0 Å². The topological polar surface area (TPSA) is 47.3 Å². The number of nitrogens with two attached hydrogens (primary N) is 1. The van der Waals surface area contributed by atoms with E-state index >= 15 is 0 Å². The summed E-state index contributed by atoms with van der Waals surface area (Å²) >= 11 is 0. The van der Waals surface area contributed by atoms with Gasteiger partial charge in [0.1, 0.15) is 5.75 Å². The molecule has 2 aromatic carbocycles. The third-order valence-electron chi connectivity index (χ3n) is 2.71. The molecule has 0 aliphatic carbocycles. The van der Waals surface area contributed by atoms with E-state index < -0.39 is 0 Å². The highest BCUT2D eigenvalue weighted by atomic mass is 16.5. The van der Waals surface area contributed by atoms with E-state index in [2.05, 4.69) is 5.32 Å². The summed E-state index contributed by atoms with van der Waals surface area (Å²) in [7, 11) is 0. The van der Waals surface area contributed by atoms with Gasteiger partial charge in [-0.3, -0.25) is 0 Å². The van der Waals surface area contributed by atoms with Crippen molar-refractivity contribution in [2.75, 3.05) is 17.7 Å². The van der Waals surface area contributed by atoms with Crippen LogP contribution in [0.1, 0.15) is 12.5 Å². The van der Waals surface area contributed by atoms with E-state index in [4.69, 9.17) is 10.5 Å². The quantitative estimate of drug-likeness (QED) is 0.803. The van der Waals surface area contributed by atoms with Crippen LogP contribution in [-0.4, -0.2) is 6.61 Å². The van der Waals surface area contributed by atoms with Gasteiger partial charge in [-0.1, -0.05) is 12.1 Å². The van der Waals surface area contributed by atoms with Crippen LogP contribution >= 0.6 is 0 Å². The van der Waals surface area contributed by atoms with Crippen molar-refractivity contribution in [2.24, 2.45) is 0 Å². The molecule has 18 heavy (non-hydrogen) atoms.